The number of urea groups is 1. The number of rotatable bonds is 3. The molecule has 1 aromatic heterocycles. The minimum Gasteiger partial charge on any atom is -0.466 e. The van der Waals surface area contributed by atoms with Gasteiger partial charge in [0.1, 0.15) is 5.92 Å². The average molecular weight is 333 g/mol. The Labute approximate surface area is 128 Å². The number of aliphatic hydroxyl groups is 1. The third kappa shape index (κ3) is 3.07. The van der Waals surface area contributed by atoms with Crippen molar-refractivity contribution in [1.82, 2.24) is 15.6 Å². The van der Waals surface area contributed by atoms with E-state index >= 15 is 0 Å². The summed E-state index contributed by atoms with van der Waals surface area (Å²) in [6, 6.07) is 0.0901. The number of amides is 2. The van der Waals surface area contributed by atoms with E-state index in [1.807, 2.05) is 0 Å². The van der Waals surface area contributed by atoms with Crippen molar-refractivity contribution < 1.29 is 32.6 Å². The molecule has 2 rings (SSSR count). The molecule has 0 unspecified atom stereocenters. The van der Waals surface area contributed by atoms with E-state index in [4.69, 9.17) is 0 Å². The molecule has 1 aromatic rings. The third-order valence-corrected chi connectivity index (χ3v) is 3.39. The van der Waals surface area contributed by atoms with Gasteiger partial charge in [0, 0.05) is 12.4 Å². The summed E-state index contributed by atoms with van der Waals surface area (Å²) in [5.41, 5.74) is -3.63. The fraction of sp³-hybridized carbons (Fsp3) is 0.462. The Kier molecular flexibility index (Phi) is 4.46. The van der Waals surface area contributed by atoms with Crippen LogP contribution in [-0.2, 0) is 9.53 Å². The van der Waals surface area contributed by atoms with E-state index in [0.717, 1.165) is 0 Å². The average Bonchev–Trinajstić information content (AvgIpc) is 2.46. The van der Waals surface area contributed by atoms with E-state index in [-0.39, 0.29) is 12.2 Å². The van der Waals surface area contributed by atoms with Crippen molar-refractivity contribution in [3.8, 4) is 0 Å². The van der Waals surface area contributed by atoms with Gasteiger partial charge < -0.3 is 20.5 Å². The molecule has 10 heteroatoms. The van der Waals surface area contributed by atoms with Crippen LogP contribution in [0.25, 0.3) is 0 Å². The van der Waals surface area contributed by atoms with Crippen molar-refractivity contribution in [2.45, 2.75) is 24.9 Å². The van der Waals surface area contributed by atoms with Crippen LogP contribution in [0.1, 0.15) is 18.5 Å². The number of pyridine rings is 1. The van der Waals surface area contributed by atoms with E-state index in [0.29, 0.717) is 0 Å². The zero-order chi connectivity index (χ0) is 17.3. The highest BCUT2D eigenvalue weighted by atomic mass is 19.4. The summed E-state index contributed by atoms with van der Waals surface area (Å²) < 4.78 is 44.6. The van der Waals surface area contributed by atoms with Gasteiger partial charge in [0.25, 0.3) is 5.72 Å². The minimum absolute atomic E-state index is 0.128. The highest BCUT2D eigenvalue weighted by Gasteiger charge is 2.67. The van der Waals surface area contributed by atoms with Crippen molar-refractivity contribution >= 4 is 12.0 Å². The molecule has 1 saturated heterocycles. The Morgan fingerprint density at radius 1 is 1.52 bits per heavy atom. The molecule has 0 saturated carbocycles. The molecular weight excluding hydrogens is 319 g/mol. The van der Waals surface area contributed by atoms with Crippen molar-refractivity contribution in [2.75, 3.05) is 6.61 Å². The molecule has 23 heavy (non-hydrogen) atoms. The number of nitrogens with zero attached hydrogens (tertiary/aromatic N) is 1. The molecule has 0 spiro atoms. The predicted molar refractivity (Wildman–Crippen MR) is 69.8 cm³/mol. The SMILES string of the molecule is CCOC(=O)[C@@H]1[C@@H](c2cccnc2)NC(=O)N[C@]1(O)C(F)(F)F. The van der Waals surface area contributed by atoms with Gasteiger partial charge in [-0.1, -0.05) is 6.07 Å². The highest BCUT2D eigenvalue weighted by Crippen LogP contribution is 2.42. The van der Waals surface area contributed by atoms with Gasteiger partial charge in [-0.15, -0.1) is 0 Å². The molecule has 0 aromatic carbocycles. The summed E-state index contributed by atoms with van der Waals surface area (Å²) in [4.78, 5) is 27.4. The lowest BCUT2D eigenvalue weighted by molar-refractivity contribution is -0.294. The maximum Gasteiger partial charge on any atom is 0.437 e. The first-order valence-electron chi connectivity index (χ1n) is 6.65. The summed E-state index contributed by atoms with van der Waals surface area (Å²) in [6.45, 7) is 1.23. The number of nitrogens with one attached hydrogen (secondary N) is 2. The molecule has 1 aliphatic heterocycles. The first-order valence-corrected chi connectivity index (χ1v) is 6.65. The fourth-order valence-corrected chi connectivity index (χ4v) is 2.37. The number of hydrogen-bond donors (Lipinski definition) is 3. The highest BCUT2D eigenvalue weighted by molar-refractivity contribution is 5.83. The molecule has 3 N–H and O–H groups in total. The molecule has 1 fully saturated rings. The molecule has 0 radical (unpaired) electrons. The number of hydrogen-bond acceptors (Lipinski definition) is 5. The molecular formula is C13H14F3N3O4. The quantitative estimate of drug-likeness (QED) is 0.713. The van der Waals surface area contributed by atoms with Crippen LogP contribution in [0, 0.1) is 5.92 Å². The molecule has 0 bridgehead atoms. The number of aromatic nitrogens is 1. The summed E-state index contributed by atoms with van der Waals surface area (Å²) in [5.74, 6) is -3.43. The first-order chi connectivity index (χ1) is 10.7. The Bertz CT molecular complexity index is 596. The fourth-order valence-electron chi connectivity index (χ4n) is 2.37. The second kappa shape index (κ2) is 6.03. The Balaban J connectivity index is 2.54. The van der Waals surface area contributed by atoms with Crippen molar-refractivity contribution in [3.63, 3.8) is 0 Å². The maximum atomic E-state index is 13.3. The van der Waals surface area contributed by atoms with Crippen LogP contribution < -0.4 is 10.6 Å². The van der Waals surface area contributed by atoms with Crippen LogP contribution in [0.15, 0.2) is 24.5 Å². The number of alkyl halides is 3. The summed E-state index contributed by atoms with van der Waals surface area (Å²) in [7, 11) is 0. The predicted octanol–water partition coefficient (Wildman–Crippen LogP) is 0.866. The van der Waals surface area contributed by atoms with Crippen LogP contribution in [0.3, 0.4) is 0 Å². The third-order valence-electron chi connectivity index (χ3n) is 3.39. The number of ether oxygens (including phenoxy) is 1. The number of halogens is 3. The van der Waals surface area contributed by atoms with Crippen LogP contribution in [0.5, 0.6) is 0 Å². The number of carbonyl (C=O) groups is 2. The topological polar surface area (TPSA) is 101 Å². The summed E-state index contributed by atoms with van der Waals surface area (Å²) >= 11 is 0. The summed E-state index contributed by atoms with van der Waals surface area (Å²) in [5, 5.41) is 13.6. The normalized spacial score (nSPS) is 27.8. The van der Waals surface area contributed by atoms with Gasteiger partial charge in [0.2, 0.25) is 0 Å². The van der Waals surface area contributed by atoms with Gasteiger partial charge in [0.15, 0.2) is 0 Å². The Morgan fingerprint density at radius 2 is 2.22 bits per heavy atom. The first kappa shape index (κ1) is 17.0. The van der Waals surface area contributed by atoms with Crippen LogP contribution in [-0.4, -0.2) is 40.6 Å². The lowest BCUT2D eigenvalue weighted by atomic mass is 9.82. The minimum atomic E-state index is -5.29. The molecule has 2 heterocycles. The van der Waals surface area contributed by atoms with E-state index in [9.17, 15) is 27.9 Å². The molecule has 1 aliphatic rings. The Hall–Kier alpha value is -2.36. The van der Waals surface area contributed by atoms with E-state index in [1.54, 1.807) is 0 Å². The summed E-state index contributed by atoms with van der Waals surface area (Å²) in [6.07, 6.45) is -2.72. The standard InChI is InChI=1S/C13H14F3N3O4/c1-2-23-10(20)8-9(7-4-3-5-17-6-7)18-11(21)19-12(8,22)13(14,15)16/h3-6,8-9,22H,2H2,1H3,(H2,18,19,21)/t8-,9+,12+/m0/s1. The van der Waals surface area contributed by atoms with Gasteiger partial charge >= 0.3 is 18.2 Å². The molecule has 2 amide bonds. The molecule has 7 nitrogen and oxygen atoms in total. The van der Waals surface area contributed by atoms with Crippen LogP contribution >= 0.6 is 0 Å². The van der Waals surface area contributed by atoms with E-state index in [1.165, 1.54) is 36.8 Å². The van der Waals surface area contributed by atoms with Crippen LogP contribution in [0.2, 0.25) is 0 Å². The number of carbonyl (C=O) groups excluding carboxylic acids is 2. The van der Waals surface area contributed by atoms with Gasteiger partial charge in [-0.05, 0) is 18.6 Å². The van der Waals surface area contributed by atoms with Crippen LogP contribution in [0.4, 0.5) is 18.0 Å². The van der Waals surface area contributed by atoms with Crippen molar-refractivity contribution in [1.29, 1.82) is 0 Å². The van der Waals surface area contributed by atoms with Gasteiger partial charge in [-0.25, -0.2) is 4.79 Å². The zero-order valence-corrected chi connectivity index (χ0v) is 11.9. The lowest BCUT2D eigenvalue weighted by Gasteiger charge is -2.44. The van der Waals surface area contributed by atoms with E-state index < -0.39 is 35.9 Å². The maximum absolute atomic E-state index is 13.3. The zero-order valence-electron chi connectivity index (χ0n) is 11.9. The van der Waals surface area contributed by atoms with Gasteiger partial charge in [0.05, 0.1) is 12.6 Å². The monoisotopic (exact) mass is 333 g/mol. The molecule has 3 atom stereocenters. The van der Waals surface area contributed by atoms with Crippen molar-refractivity contribution in [3.05, 3.63) is 30.1 Å². The largest absolute Gasteiger partial charge is 0.466 e. The van der Waals surface area contributed by atoms with E-state index in [2.05, 4.69) is 15.0 Å². The Morgan fingerprint density at radius 3 is 2.74 bits per heavy atom. The lowest BCUT2D eigenvalue weighted by Crippen LogP contribution is -2.73. The molecule has 126 valence electrons. The van der Waals surface area contributed by atoms with Gasteiger partial charge in [-0.2, -0.15) is 13.2 Å². The number of esters is 1. The second-order valence-corrected chi connectivity index (χ2v) is 4.86. The molecule has 0 aliphatic carbocycles. The second-order valence-electron chi connectivity index (χ2n) is 4.86. The van der Waals surface area contributed by atoms with Crippen molar-refractivity contribution in [2.24, 2.45) is 5.92 Å². The smallest absolute Gasteiger partial charge is 0.437 e. The van der Waals surface area contributed by atoms with Gasteiger partial charge in [-0.3, -0.25) is 9.78 Å².